The molecule has 1 fully saturated rings. The van der Waals surface area contributed by atoms with Crippen molar-refractivity contribution in [1.29, 1.82) is 0 Å². The second-order valence-corrected chi connectivity index (χ2v) is 4.41. The van der Waals surface area contributed by atoms with Crippen LogP contribution in [0.1, 0.15) is 19.3 Å². The van der Waals surface area contributed by atoms with E-state index < -0.39 is 0 Å². The first kappa shape index (κ1) is 12.5. The highest BCUT2D eigenvalue weighted by Crippen LogP contribution is 2.17. The summed E-state index contributed by atoms with van der Waals surface area (Å²) in [4.78, 5) is 13.6. The molecule has 0 radical (unpaired) electrons. The van der Waals surface area contributed by atoms with Gasteiger partial charge in [0.1, 0.15) is 0 Å². The Morgan fingerprint density at radius 2 is 2.07 bits per heavy atom. The fourth-order valence-corrected chi connectivity index (χ4v) is 1.70. The lowest BCUT2D eigenvalue weighted by Crippen LogP contribution is -2.33. The number of hydrogen-bond donors (Lipinski definition) is 1. The van der Waals surface area contributed by atoms with Crippen molar-refractivity contribution in [3.8, 4) is 0 Å². The van der Waals surface area contributed by atoms with E-state index in [-0.39, 0.29) is 5.91 Å². The summed E-state index contributed by atoms with van der Waals surface area (Å²) in [5.74, 6) is 0.710. The maximum atomic E-state index is 11.5. The largest absolute Gasteiger partial charge is 0.381 e. The lowest BCUT2D eigenvalue weighted by molar-refractivity contribution is -0.122. The minimum absolute atomic E-state index is 0.184. The first-order chi connectivity index (χ1) is 7.18. The van der Waals surface area contributed by atoms with Crippen LogP contribution < -0.4 is 5.32 Å². The van der Waals surface area contributed by atoms with Crippen molar-refractivity contribution in [3.63, 3.8) is 0 Å². The van der Waals surface area contributed by atoms with E-state index >= 15 is 0 Å². The van der Waals surface area contributed by atoms with E-state index in [0.29, 0.717) is 12.3 Å². The Kier molecular flexibility index (Phi) is 5.65. The first-order valence-corrected chi connectivity index (χ1v) is 5.67. The second kappa shape index (κ2) is 6.80. The lowest BCUT2D eigenvalue weighted by Gasteiger charge is -2.21. The van der Waals surface area contributed by atoms with E-state index in [2.05, 4.69) is 10.2 Å². The van der Waals surface area contributed by atoms with Gasteiger partial charge < -0.3 is 15.0 Å². The molecule has 1 amide bonds. The zero-order chi connectivity index (χ0) is 11.1. The van der Waals surface area contributed by atoms with Crippen molar-refractivity contribution >= 4 is 5.91 Å². The molecular weight excluding hydrogens is 192 g/mol. The van der Waals surface area contributed by atoms with Crippen LogP contribution in [0.4, 0.5) is 0 Å². The van der Waals surface area contributed by atoms with Crippen LogP contribution in [0, 0.1) is 5.92 Å². The summed E-state index contributed by atoms with van der Waals surface area (Å²) in [5.41, 5.74) is 0. The summed E-state index contributed by atoms with van der Waals surface area (Å²) in [7, 11) is 4.01. The molecule has 0 bridgehead atoms. The Morgan fingerprint density at radius 1 is 1.40 bits per heavy atom. The average Bonchev–Trinajstić information content (AvgIpc) is 2.18. The van der Waals surface area contributed by atoms with Gasteiger partial charge in [0.05, 0.1) is 0 Å². The lowest BCUT2D eigenvalue weighted by atomic mass is 9.96. The van der Waals surface area contributed by atoms with Crippen LogP contribution in [0.5, 0.6) is 0 Å². The van der Waals surface area contributed by atoms with Crippen molar-refractivity contribution < 1.29 is 9.53 Å². The molecule has 0 aromatic carbocycles. The standard InChI is InChI=1S/C11H22N2O2/c1-13(2)6-5-12-11(14)9-10-3-7-15-8-4-10/h10H,3-9H2,1-2H3,(H,12,14). The van der Waals surface area contributed by atoms with Crippen molar-refractivity contribution in [3.05, 3.63) is 0 Å². The maximum absolute atomic E-state index is 11.5. The Hall–Kier alpha value is -0.610. The molecule has 0 aromatic heterocycles. The summed E-state index contributed by atoms with van der Waals surface area (Å²) >= 11 is 0. The van der Waals surface area contributed by atoms with E-state index in [0.717, 1.165) is 39.1 Å². The number of nitrogens with zero attached hydrogens (tertiary/aromatic N) is 1. The van der Waals surface area contributed by atoms with Gasteiger partial charge in [-0.25, -0.2) is 0 Å². The monoisotopic (exact) mass is 214 g/mol. The van der Waals surface area contributed by atoms with Crippen molar-refractivity contribution in [2.24, 2.45) is 5.92 Å². The fourth-order valence-electron chi connectivity index (χ4n) is 1.70. The summed E-state index contributed by atoms with van der Waals surface area (Å²) < 4.78 is 5.26. The molecule has 1 aliphatic rings. The highest BCUT2D eigenvalue weighted by Gasteiger charge is 2.16. The van der Waals surface area contributed by atoms with Crippen molar-refractivity contribution in [1.82, 2.24) is 10.2 Å². The molecule has 4 heteroatoms. The number of carbonyl (C=O) groups is 1. The van der Waals surface area contributed by atoms with Crippen LogP contribution in [-0.2, 0) is 9.53 Å². The molecule has 1 heterocycles. The Labute approximate surface area is 92.0 Å². The van der Waals surface area contributed by atoms with E-state index in [4.69, 9.17) is 4.74 Å². The third-order valence-electron chi connectivity index (χ3n) is 2.70. The highest BCUT2D eigenvalue weighted by atomic mass is 16.5. The molecule has 1 saturated heterocycles. The zero-order valence-electron chi connectivity index (χ0n) is 9.79. The van der Waals surface area contributed by atoms with Crippen LogP contribution in [0.2, 0.25) is 0 Å². The maximum Gasteiger partial charge on any atom is 0.220 e. The van der Waals surface area contributed by atoms with Crippen molar-refractivity contribution in [2.45, 2.75) is 19.3 Å². The van der Waals surface area contributed by atoms with Gasteiger partial charge in [-0.15, -0.1) is 0 Å². The SMILES string of the molecule is CN(C)CCNC(=O)CC1CCOCC1. The molecule has 0 spiro atoms. The van der Waals surface area contributed by atoms with E-state index in [9.17, 15) is 4.79 Å². The number of hydrogen-bond acceptors (Lipinski definition) is 3. The van der Waals surface area contributed by atoms with Crippen LogP contribution in [0.15, 0.2) is 0 Å². The van der Waals surface area contributed by atoms with Gasteiger partial charge in [-0.1, -0.05) is 0 Å². The fraction of sp³-hybridized carbons (Fsp3) is 0.909. The van der Waals surface area contributed by atoms with Crippen molar-refractivity contribution in [2.75, 3.05) is 40.4 Å². The Morgan fingerprint density at radius 3 is 2.67 bits per heavy atom. The molecular formula is C11H22N2O2. The van der Waals surface area contributed by atoms with E-state index in [1.165, 1.54) is 0 Å². The Balaban J connectivity index is 2.06. The predicted octanol–water partition coefficient (Wildman–Crippen LogP) is 0.481. The quantitative estimate of drug-likeness (QED) is 0.724. The number of rotatable bonds is 5. The smallest absolute Gasteiger partial charge is 0.220 e. The molecule has 0 atom stereocenters. The summed E-state index contributed by atoms with van der Waals surface area (Å²) in [5, 5.41) is 2.94. The van der Waals surface area contributed by atoms with E-state index in [1.54, 1.807) is 0 Å². The molecule has 4 nitrogen and oxygen atoms in total. The molecule has 0 aromatic rings. The van der Waals surface area contributed by atoms with Gasteiger partial charge in [-0.3, -0.25) is 4.79 Å². The topological polar surface area (TPSA) is 41.6 Å². The molecule has 0 unspecified atom stereocenters. The minimum atomic E-state index is 0.184. The van der Waals surface area contributed by atoms with Gasteiger partial charge in [0.2, 0.25) is 5.91 Å². The summed E-state index contributed by atoms with van der Waals surface area (Å²) in [6, 6.07) is 0. The molecule has 1 aliphatic heterocycles. The van der Waals surface area contributed by atoms with Gasteiger partial charge in [0.15, 0.2) is 0 Å². The average molecular weight is 214 g/mol. The third-order valence-corrected chi connectivity index (χ3v) is 2.70. The molecule has 1 rings (SSSR count). The molecule has 0 saturated carbocycles. The molecule has 15 heavy (non-hydrogen) atoms. The number of likely N-dealkylation sites (N-methyl/N-ethyl adjacent to an activating group) is 1. The predicted molar refractivity (Wildman–Crippen MR) is 59.7 cm³/mol. The normalized spacial score (nSPS) is 18.1. The zero-order valence-corrected chi connectivity index (χ0v) is 9.79. The van der Waals surface area contributed by atoms with Crippen LogP contribution in [-0.4, -0.2) is 51.2 Å². The van der Waals surface area contributed by atoms with Gasteiger partial charge >= 0.3 is 0 Å². The number of ether oxygens (including phenoxy) is 1. The second-order valence-electron chi connectivity index (χ2n) is 4.41. The minimum Gasteiger partial charge on any atom is -0.381 e. The molecule has 88 valence electrons. The molecule has 0 aliphatic carbocycles. The van der Waals surface area contributed by atoms with Crippen LogP contribution >= 0.6 is 0 Å². The van der Waals surface area contributed by atoms with E-state index in [1.807, 2.05) is 14.1 Å². The van der Waals surface area contributed by atoms with Gasteiger partial charge in [-0.05, 0) is 32.9 Å². The summed E-state index contributed by atoms with van der Waals surface area (Å²) in [6.45, 7) is 3.28. The highest BCUT2D eigenvalue weighted by molar-refractivity contribution is 5.76. The number of carbonyl (C=O) groups excluding carboxylic acids is 1. The summed E-state index contributed by atoms with van der Waals surface area (Å²) in [6.07, 6.45) is 2.72. The first-order valence-electron chi connectivity index (χ1n) is 5.67. The van der Waals surface area contributed by atoms with Gasteiger partial charge in [0, 0.05) is 32.7 Å². The Bertz CT molecular complexity index is 189. The number of nitrogens with one attached hydrogen (secondary N) is 1. The van der Waals surface area contributed by atoms with Gasteiger partial charge in [-0.2, -0.15) is 0 Å². The number of amides is 1. The van der Waals surface area contributed by atoms with Gasteiger partial charge in [0.25, 0.3) is 0 Å². The third kappa shape index (κ3) is 5.74. The molecule has 1 N–H and O–H groups in total. The van der Waals surface area contributed by atoms with Crippen LogP contribution in [0.25, 0.3) is 0 Å². The van der Waals surface area contributed by atoms with Crippen LogP contribution in [0.3, 0.4) is 0 Å².